The number of carbonyl (C=O) groups is 1. The van der Waals surface area contributed by atoms with Crippen LogP contribution in [0.4, 0.5) is 27.8 Å². The highest BCUT2D eigenvalue weighted by Crippen LogP contribution is 2.24. The molecule has 0 aliphatic carbocycles. The average Bonchev–Trinajstić information content (AvgIpc) is 2.82. The maximum atomic E-state index is 13.9. The molecule has 196 valence electrons. The monoisotopic (exact) mass is 512 g/mol. The number of aromatic nitrogens is 1. The van der Waals surface area contributed by atoms with E-state index in [1.807, 2.05) is 14.1 Å². The summed E-state index contributed by atoms with van der Waals surface area (Å²) in [6.45, 7) is -0.288. The second-order valence-corrected chi connectivity index (χ2v) is 8.84. The highest BCUT2D eigenvalue weighted by atomic mass is 19.3. The Labute approximate surface area is 206 Å². The molecule has 0 spiro atoms. The third kappa shape index (κ3) is 6.62. The molecule has 1 saturated heterocycles. The van der Waals surface area contributed by atoms with E-state index in [-0.39, 0.29) is 43.7 Å². The van der Waals surface area contributed by atoms with Gasteiger partial charge in [-0.25, -0.2) is 26.9 Å². The Hall–Kier alpha value is -3.41. The van der Waals surface area contributed by atoms with Crippen molar-refractivity contribution < 1.29 is 26.7 Å². The zero-order valence-electron chi connectivity index (χ0n) is 20.0. The van der Waals surface area contributed by atoms with Crippen LogP contribution in [0.2, 0.25) is 0 Å². The number of amides is 1. The maximum Gasteiger partial charge on any atom is 0.255 e. The third-order valence-electron chi connectivity index (χ3n) is 5.91. The standard InChI is InChI=1S/C24H29F5N6O/c1-33(2)22-4-3-14(11-32-22)24(31)20-12-35(6-5-34(20)13-21(28)29)23(36)9-16(30)7-15-8-18(26)19(27)10-17(15)25/h3-4,8,10-11,16,21H,5-7,9,12-13,30-31H2,1-2H3/b24-20-. The first kappa shape index (κ1) is 27.2. The smallest absolute Gasteiger partial charge is 0.255 e. The lowest BCUT2D eigenvalue weighted by molar-refractivity contribution is -0.132. The predicted molar refractivity (Wildman–Crippen MR) is 126 cm³/mol. The molecular formula is C24H29F5N6O. The lowest BCUT2D eigenvalue weighted by atomic mass is 10.0. The van der Waals surface area contributed by atoms with E-state index in [0.29, 0.717) is 23.1 Å². The van der Waals surface area contributed by atoms with Crippen molar-refractivity contribution in [1.29, 1.82) is 0 Å². The largest absolute Gasteiger partial charge is 0.397 e. The predicted octanol–water partition coefficient (Wildman–Crippen LogP) is 2.56. The fourth-order valence-corrected chi connectivity index (χ4v) is 3.98. The third-order valence-corrected chi connectivity index (χ3v) is 5.91. The molecule has 12 heteroatoms. The Morgan fingerprint density at radius 3 is 2.42 bits per heavy atom. The van der Waals surface area contributed by atoms with Gasteiger partial charge in [-0.05, 0) is 30.2 Å². The van der Waals surface area contributed by atoms with Gasteiger partial charge in [0.15, 0.2) is 11.6 Å². The Bertz CT molecular complexity index is 1110. The molecule has 1 atom stereocenters. The molecule has 0 radical (unpaired) electrons. The summed E-state index contributed by atoms with van der Waals surface area (Å²) >= 11 is 0. The van der Waals surface area contributed by atoms with Gasteiger partial charge in [0.05, 0.1) is 24.5 Å². The van der Waals surface area contributed by atoms with Crippen molar-refractivity contribution in [3.8, 4) is 0 Å². The molecule has 7 nitrogen and oxygen atoms in total. The second-order valence-electron chi connectivity index (χ2n) is 8.84. The number of carbonyl (C=O) groups excluding carboxylic acids is 1. The lowest BCUT2D eigenvalue weighted by Gasteiger charge is -2.39. The van der Waals surface area contributed by atoms with Gasteiger partial charge in [-0.15, -0.1) is 0 Å². The summed E-state index contributed by atoms with van der Waals surface area (Å²) in [5, 5.41) is 0. The number of anilines is 1. The number of benzene rings is 1. The molecule has 2 heterocycles. The minimum absolute atomic E-state index is 0.0287. The van der Waals surface area contributed by atoms with Crippen molar-refractivity contribution in [3.05, 3.63) is 64.7 Å². The van der Waals surface area contributed by atoms with Gasteiger partial charge in [-0.2, -0.15) is 0 Å². The van der Waals surface area contributed by atoms with Crippen LogP contribution in [0.25, 0.3) is 5.70 Å². The molecule has 1 aromatic heterocycles. The van der Waals surface area contributed by atoms with E-state index in [9.17, 15) is 26.7 Å². The number of hydrogen-bond acceptors (Lipinski definition) is 6. The van der Waals surface area contributed by atoms with Gasteiger partial charge in [-0.1, -0.05) is 0 Å². The van der Waals surface area contributed by atoms with E-state index in [1.54, 1.807) is 17.0 Å². The minimum Gasteiger partial charge on any atom is -0.397 e. The first-order chi connectivity index (χ1) is 17.0. The molecule has 0 bridgehead atoms. The Balaban J connectivity index is 1.76. The van der Waals surface area contributed by atoms with Crippen LogP contribution in [-0.4, -0.2) is 73.4 Å². The Kier molecular flexibility index (Phi) is 8.72. The van der Waals surface area contributed by atoms with Crippen LogP contribution >= 0.6 is 0 Å². The van der Waals surface area contributed by atoms with Crippen molar-refractivity contribution in [2.24, 2.45) is 11.5 Å². The number of rotatable bonds is 8. The van der Waals surface area contributed by atoms with E-state index in [4.69, 9.17) is 11.5 Å². The van der Waals surface area contributed by atoms with E-state index in [1.165, 1.54) is 16.0 Å². The highest BCUT2D eigenvalue weighted by Gasteiger charge is 2.29. The number of nitrogens with zero attached hydrogens (tertiary/aromatic N) is 4. The first-order valence-electron chi connectivity index (χ1n) is 11.3. The van der Waals surface area contributed by atoms with Crippen LogP contribution < -0.4 is 16.4 Å². The topological polar surface area (TPSA) is 91.7 Å². The van der Waals surface area contributed by atoms with Gasteiger partial charge in [0.2, 0.25) is 5.91 Å². The highest BCUT2D eigenvalue weighted by molar-refractivity contribution is 5.78. The molecule has 1 unspecified atom stereocenters. The molecule has 1 aromatic carbocycles. The van der Waals surface area contributed by atoms with Crippen LogP contribution in [0.1, 0.15) is 17.5 Å². The summed E-state index contributed by atoms with van der Waals surface area (Å²) < 4.78 is 67.0. The molecule has 0 saturated carbocycles. The summed E-state index contributed by atoms with van der Waals surface area (Å²) in [6, 6.07) is 3.74. The van der Waals surface area contributed by atoms with Gasteiger partial charge < -0.3 is 26.2 Å². The maximum absolute atomic E-state index is 13.9. The molecule has 36 heavy (non-hydrogen) atoms. The number of nitrogens with two attached hydrogens (primary N) is 2. The van der Waals surface area contributed by atoms with Gasteiger partial charge in [0.25, 0.3) is 6.43 Å². The Morgan fingerprint density at radius 1 is 1.11 bits per heavy atom. The molecule has 4 N–H and O–H groups in total. The number of hydrogen-bond donors (Lipinski definition) is 2. The van der Waals surface area contributed by atoms with Crippen molar-refractivity contribution >= 4 is 17.4 Å². The first-order valence-corrected chi connectivity index (χ1v) is 11.3. The summed E-state index contributed by atoms with van der Waals surface area (Å²) in [5.74, 6) is -3.18. The van der Waals surface area contributed by atoms with Crippen molar-refractivity contribution in [3.63, 3.8) is 0 Å². The van der Waals surface area contributed by atoms with Crippen LogP contribution in [0, 0.1) is 17.5 Å². The molecule has 1 aliphatic heterocycles. The average molecular weight is 513 g/mol. The van der Waals surface area contributed by atoms with Crippen molar-refractivity contribution in [1.82, 2.24) is 14.8 Å². The van der Waals surface area contributed by atoms with E-state index < -0.39 is 42.4 Å². The SMILES string of the molecule is CN(C)c1ccc(/C(N)=C2\CN(C(=O)CC(N)Cc3cc(F)c(F)cc3F)CCN2CC(F)F)cn1. The second kappa shape index (κ2) is 11.5. The molecule has 1 amide bonds. The summed E-state index contributed by atoms with van der Waals surface area (Å²) in [6.07, 6.45) is -1.47. The zero-order chi connectivity index (χ0) is 26.6. The molecule has 3 rings (SSSR count). The number of alkyl halides is 2. The number of piperazine rings is 1. The van der Waals surface area contributed by atoms with Crippen LogP contribution in [0.3, 0.4) is 0 Å². The van der Waals surface area contributed by atoms with Crippen LogP contribution in [-0.2, 0) is 11.2 Å². The fourth-order valence-electron chi connectivity index (χ4n) is 3.98. The number of pyridine rings is 1. The summed E-state index contributed by atoms with van der Waals surface area (Å²) in [5.41, 5.74) is 13.3. The molecular weight excluding hydrogens is 483 g/mol. The molecule has 2 aromatic rings. The molecule has 1 fully saturated rings. The normalized spacial score (nSPS) is 16.4. The van der Waals surface area contributed by atoms with Gasteiger partial charge >= 0.3 is 0 Å². The molecule has 1 aliphatic rings. The van der Waals surface area contributed by atoms with E-state index in [0.717, 1.165) is 6.07 Å². The number of halogens is 5. The van der Waals surface area contributed by atoms with Gasteiger partial charge in [0.1, 0.15) is 11.6 Å². The van der Waals surface area contributed by atoms with Gasteiger partial charge in [-0.3, -0.25) is 4.79 Å². The van der Waals surface area contributed by atoms with E-state index in [2.05, 4.69) is 4.98 Å². The summed E-state index contributed by atoms with van der Waals surface area (Å²) in [7, 11) is 3.65. The van der Waals surface area contributed by atoms with Crippen LogP contribution in [0.5, 0.6) is 0 Å². The fraction of sp³-hybridized carbons (Fsp3) is 0.417. The summed E-state index contributed by atoms with van der Waals surface area (Å²) in [4.78, 5) is 21.9. The lowest BCUT2D eigenvalue weighted by Crippen LogP contribution is -2.50. The van der Waals surface area contributed by atoms with Crippen molar-refractivity contribution in [2.75, 3.05) is 45.2 Å². The Morgan fingerprint density at radius 2 is 1.81 bits per heavy atom. The van der Waals surface area contributed by atoms with Gasteiger partial charge in [0, 0.05) is 57.5 Å². The quantitative estimate of drug-likeness (QED) is 0.418. The van der Waals surface area contributed by atoms with E-state index >= 15 is 0 Å². The minimum atomic E-state index is -2.61. The van der Waals surface area contributed by atoms with Crippen molar-refractivity contribution in [2.45, 2.75) is 25.3 Å². The zero-order valence-corrected chi connectivity index (χ0v) is 20.0. The van der Waals surface area contributed by atoms with Crippen LogP contribution in [0.15, 0.2) is 36.2 Å².